The Morgan fingerprint density at radius 2 is 1.92 bits per heavy atom. The molecule has 0 aliphatic rings. The van der Waals surface area contributed by atoms with Crippen molar-refractivity contribution >= 4 is 54.0 Å². The van der Waals surface area contributed by atoms with E-state index in [0.29, 0.717) is 15.7 Å². The fourth-order valence-corrected chi connectivity index (χ4v) is 4.80. The van der Waals surface area contributed by atoms with Crippen LogP contribution in [0.2, 0.25) is 5.02 Å². The highest BCUT2D eigenvalue weighted by atomic mass is 35.5. The molecule has 0 unspecified atom stereocenters. The summed E-state index contributed by atoms with van der Waals surface area (Å²) in [6.45, 7) is 1.89. The second-order valence-corrected chi connectivity index (χ2v) is 9.15. The molecule has 1 heterocycles. The smallest absolute Gasteiger partial charge is 0.227 e. The average molecular weight is 413 g/mol. The summed E-state index contributed by atoms with van der Waals surface area (Å²) >= 11 is 7.36. The van der Waals surface area contributed by atoms with Crippen LogP contribution in [-0.4, -0.2) is 25.1 Å². The van der Waals surface area contributed by atoms with Crippen molar-refractivity contribution in [3.8, 4) is 0 Å². The maximum Gasteiger partial charge on any atom is 0.227 e. The Morgan fingerprint density at radius 3 is 2.58 bits per heavy atom. The van der Waals surface area contributed by atoms with Gasteiger partial charge in [0.2, 0.25) is 5.91 Å². The van der Waals surface area contributed by atoms with Gasteiger partial charge in [0.1, 0.15) is 5.82 Å². The minimum absolute atomic E-state index is 0.0194. The van der Waals surface area contributed by atoms with Gasteiger partial charge in [0.05, 0.1) is 25.9 Å². The van der Waals surface area contributed by atoms with Gasteiger partial charge in [-0.2, -0.15) is 0 Å². The van der Waals surface area contributed by atoms with Crippen LogP contribution in [-0.2, 0) is 14.6 Å². The van der Waals surface area contributed by atoms with Gasteiger partial charge in [0, 0.05) is 6.42 Å². The maximum atomic E-state index is 12.9. The lowest BCUT2D eigenvalue weighted by molar-refractivity contribution is -0.115. The minimum Gasteiger partial charge on any atom is -0.302 e. The molecule has 0 radical (unpaired) electrons. The van der Waals surface area contributed by atoms with Gasteiger partial charge in [-0.15, -0.1) is 0 Å². The number of nitrogens with one attached hydrogen (secondary N) is 1. The van der Waals surface area contributed by atoms with E-state index >= 15 is 0 Å². The minimum atomic E-state index is -3.67. The lowest BCUT2D eigenvalue weighted by atomic mass is 10.2. The van der Waals surface area contributed by atoms with Crippen LogP contribution in [0.3, 0.4) is 0 Å². The predicted octanol–water partition coefficient (Wildman–Crippen LogP) is 4.20. The second-order valence-electron chi connectivity index (χ2n) is 5.63. The van der Waals surface area contributed by atoms with Crippen LogP contribution in [0.5, 0.6) is 0 Å². The molecule has 0 atom stereocenters. The van der Waals surface area contributed by atoms with E-state index in [-0.39, 0.29) is 17.1 Å². The summed E-state index contributed by atoms with van der Waals surface area (Å²) in [7, 11) is -3.67. The molecule has 26 heavy (non-hydrogen) atoms. The molecule has 1 amide bonds. The van der Waals surface area contributed by atoms with Crippen molar-refractivity contribution in [2.45, 2.75) is 18.2 Å². The van der Waals surface area contributed by atoms with Crippen molar-refractivity contribution in [1.29, 1.82) is 0 Å². The van der Waals surface area contributed by atoms with Crippen molar-refractivity contribution in [3.05, 3.63) is 52.8 Å². The molecule has 5 nitrogen and oxygen atoms in total. The van der Waals surface area contributed by atoms with Crippen molar-refractivity contribution in [2.24, 2.45) is 0 Å². The van der Waals surface area contributed by atoms with E-state index in [1.807, 2.05) is 13.0 Å². The Morgan fingerprint density at radius 1 is 1.23 bits per heavy atom. The summed E-state index contributed by atoms with van der Waals surface area (Å²) in [5, 5.41) is 3.51. The number of aryl methyl sites for hydroxylation is 1. The van der Waals surface area contributed by atoms with E-state index in [9.17, 15) is 17.6 Å². The normalized spacial score (nSPS) is 11.7. The first kappa shape index (κ1) is 18.8. The monoisotopic (exact) mass is 412 g/mol. The van der Waals surface area contributed by atoms with Crippen LogP contribution < -0.4 is 5.32 Å². The molecule has 2 aromatic carbocycles. The summed E-state index contributed by atoms with van der Waals surface area (Å²) in [5.74, 6) is -1.37. The first-order chi connectivity index (χ1) is 12.3. The van der Waals surface area contributed by atoms with Crippen LogP contribution in [0.25, 0.3) is 10.2 Å². The molecular weight excluding hydrogens is 399 g/mol. The van der Waals surface area contributed by atoms with Crippen molar-refractivity contribution in [2.75, 3.05) is 11.1 Å². The fraction of sp³-hybridized carbons (Fsp3) is 0.176. The van der Waals surface area contributed by atoms with E-state index in [0.717, 1.165) is 22.4 Å². The molecule has 3 rings (SSSR count). The van der Waals surface area contributed by atoms with Crippen molar-refractivity contribution in [3.63, 3.8) is 0 Å². The van der Waals surface area contributed by atoms with Gasteiger partial charge >= 0.3 is 0 Å². The predicted molar refractivity (Wildman–Crippen MR) is 101 cm³/mol. The number of carbonyl (C=O) groups excluding carboxylic acids is 1. The Hall–Kier alpha value is -2.03. The number of hydrogen-bond donors (Lipinski definition) is 1. The van der Waals surface area contributed by atoms with Gasteiger partial charge in [-0.05, 0) is 42.8 Å². The number of anilines is 1. The van der Waals surface area contributed by atoms with Crippen LogP contribution in [0, 0.1) is 12.7 Å². The summed E-state index contributed by atoms with van der Waals surface area (Å²) in [6, 6.07) is 8.10. The van der Waals surface area contributed by atoms with E-state index in [1.165, 1.54) is 23.5 Å². The largest absolute Gasteiger partial charge is 0.302 e. The molecule has 0 saturated heterocycles. The number of fused-ring (bicyclic) bond motifs is 1. The number of benzene rings is 2. The Bertz CT molecular complexity index is 1040. The van der Waals surface area contributed by atoms with Crippen LogP contribution in [0.15, 0.2) is 41.3 Å². The molecule has 3 aromatic rings. The second kappa shape index (κ2) is 7.30. The van der Waals surface area contributed by atoms with Crippen LogP contribution in [0.1, 0.15) is 12.0 Å². The number of nitrogens with zero attached hydrogens (tertiary/aromatic N) is 1. The summed E-state index contributed by atoms with van der Waals surface area (Å²) in [5.41, 5.74) is 1.64. The Labute approximate surface area is 158 Å². The maximum absolute atomic E-state index is 12.9. The van der Waals surface area contributed by atoms with Crippen LogP contribution in [0.4, 0.5) is 9.52 Å². The summed E-state index contributed by atoms with van der Waals surface area (Å²) in [6.07, 6.45) is -0.234. The van der Waals surface area contributed by atoms with E-state index < -0.39 is 21.6 Å². The number of sulfone groups is 1. The molecule has 0 bridgehead atoms. The van der Waals surface area contributed by atoms with Gasteiger partial charge < -0.3 is 5.32 Å². The van der Waals surface area contributed by atoms with E-state index in [4.69, 9.17) is 11.6 Å². The lowest BCUT2D eigenvalue weighted by Gasteiger charge is -2.04. The van der Waals surface area contributed by atoms with Gasteiger partial charge in [0.25, 0.3) is 0 Å². The number of carbonyl (C=O) groups is 1. The lowest BCUT2D eigenvalue weighted by Crippen LogP contribution is -2.17. The molecule has 1 N–H and O–H groups in total. The van der Waals surface area contributed by atoms with Gasteiger partial charge in [-0.1, -0.05) is 29.0 Å². The zero-order chi connectivity index (χ0) is 18.9. The highest BCUT2D eigenvalue weighted by Gasteiger charge is 2.18. The molecule has 0 spiro atoms. The number of halogens is 2. The van der Waals surface area contributed by atoms with E-state index in [1.54, 1.807) is 6.07 Å². The number of aromatic nitrogens is 1. The zero-order valence-corrected chi connectivity index (χ0v) is 16.0. The molecule has 0 aliphatic carbocycles. The molecule has 0 fully saturated rings. The third kappa shape index (κ3) is 4.03. The fourth-order valence-electron chi connectivity index (χ4n) is 2.32. The highest BCUT2D eigenvalue weighted by Crippen LogP contribution is 2.33. The zero-order valence-electron chi connectivity index (χ0n) is 13.6. The SMILES string of the molecule is Cc1ccc(Cl)c2sc(NC(=O)CCS(=O)(=O)c3ccc(F)cc3)nc12. The molecule has 0 aliphatic heterocycles. The number of rotatable bonds is 5. The Balaban J connectivity index is 1.68. The Kier molecular flexibility index (Phi) is 5.27. The average Bonchev–Trinajstić information content (AvgIpc) is 3.02. The highest BCUT2D eigenvalue weighted by molar-refractivity contribution is 7.91. The molecule has 1 aromatic heterocycles. The first-order valence-electron chi connectivity index (χ1n) is 7.60. The number of hydrogen-bond acceptors (Lipinski definition) is 5. The van der Waals surface area contributed by atoms with Gasteiger partial charge in [-0.3, -0.25) is 4.79 Å². The van der Waals surface area contributed by atoms with Gasteiger partial charge in [-0.25, -0.2) is 17.8 Å². The van der Waals surface area contributed by atoms with Crippen LogP contribution >= 0.6 is 22.9 Å². The molecule has 9 heteroatoms. The first-order valence-corrected chi connectivity index (χ1v) is 10.4. The molecular formula is C17H14ClFN2O3S2. The molecule has 136 valence electrons. The molecule has 0 saturated carbocycles. The van der Waals surface area contributed by atoms with Crippen molar-refractivity contribution in [1.82, 2.24) is 4.98 Å². The van der Waals surface area contributed by atoms with E-state index in [2.05, 4.69) is 10.3 Å². The number of thiazole rings is 1. The number of amides is 1. The summed E-state index contributed by atoms with van der Waals surface area (Å²) in [4.78, 5) is 16.4. The quantitative estimate of drug-likeness (QED) is 0.637. The third-order valence-corrected chi connectivity index (χ3v) is 6.88. The third-order valence-electron chi connectivity index (χ3n) is 3.71. The standard InChI is InChI=1S/C17H14ClFN2O3S2/c1-10-2-7-13(18)16-15(10)21-17(25-16)20-14(22)8-9-26(23,24)12-5-3-11(19)4-6-12/h2-7H,8-9H2,1H3,(H,20,21,22). The van der Waals surface area contributed by atoms with Crippen molar-refractivity contribution < 1.29 is 17.6 Å². The van der Waals surface area contributed by atoms with Gasteiger partial charge in [0.15, 0.2) is 15.0 Å². The topological polar surface area (TPSA) is 76.1 Å². The summed E-state index contributed by atoms with van der Waals surface area (Å²) < 4.78 is 38.1.